The first-order chi connectivity index (χ1) is 12.3. The number of aromatic nitrogens is 4. The molecule has 134 valence electrons. The van der Waals surface area contributed by atoms with Gasteiger partial charge < -0.3 is 10.6 Å². The third kappa shape index (κ3) is 2.74. The predicted octanol–water partition coefficient (Wildman–Crippen LogP) is 2.30. The van der Waals surface area contributed by atoms with Crippen LogP contribution in [0.15, 0.2) is 18.2 Å². The van der Waals surface area contributed by atoms with Crippen LogP contribution in [0.25, 0.3) is 4.96 Å². The lowest BCUT2D eigenvalue weighted by atomic mass is 9.86. The van der Waals surface area contributed by atoms with Crippen molar-refractivity contribution in [2.45, 2.75) is 39.0 Å². The second kappa shape index (κ2) is 5.87. The van der Waals surface area contributed by atoms with Crippen LogP contribution in [0.5, 0.6) is 0 Å². The fourth-order valence-electron chi connectivity index (χ4n) is 2.95. The molecule has 0 saturated carbocycles. The highest BCUT2D eigenvalue weighted by molar-refractivity contribution is 7.16. The van der Waals surface area contributed by atoms with E-state index in [4.69, 9.17) is 0 Å². The van der Waals surface area contributed by atoms with E-state index in [1.165, 1.54) is 11.3 Å². The summed E-state index contributed by atoms with van der Waals surface area (Å²) in [6, 6.07) is 5.48. The highest BCUT2D eigenvalue weighted by Gasteiger charge is 2.38. The third-order valence-electron chi connectivity index (χ3n) is 4.55. The van der Waals surface area contributed by atoms with Crippen molar-refractivity contribution in [1.29, 1.82) is 0 Å². The SMILES string of the molecule is Cc1nnc2sc(CCC(=O)Nc3ccc4c(c3)C(C)(C)C(=O)N4)nn12. The molecule has 8 nitrogen and oxygen atoms in total. The molecule has 0 atom stereocenters. The topological polar surface area (TPSA) is 101 Å². The maximum Gasteiger partial charge on any atom is 0.234 e. The van der Waals surface area contributed by atoms with Crippen LogP contribution in [0.2, 0.25) is 0 Å². The van der Waals surface area contributed by atoms with Gasteiger partial charge in [-0.3, -0.25) is 9.59 Å². The Kier molecular flexibility index (Phi) is 3.76. The average Bonchev–Trinajstić information content (AvgIpc) is 3.21. The van der Waals surface area contributed by atoms with Crippen molar-refractivity contribution >= 4 is 39.5 Å². The van der Waals surface area contributed by atoms with Crippen molar-refractivity contribution in [2.24, 2.45) is 0 Å². The van der Waals surface area contributed by atoms with Crippen LogP contribution in [0.3, 0.4) is 0 Å². The van der Waals surface area contributed by atoms with Gasteiger partial charge in [0.05, 0.1) is 5.41 Å². The van der Waals surface area contributed by atoms with Gasteiger partial charge in [-0.05, 0) is 44.5 Å². The van der Waals surface area contributed by atoms with Gasteiger partial charge in [0.25, 0.3) is 0 Å². The summed E-state index contributed by atoms with van der Waals surface area (Å²) in [5.74, 6) is 0.605. The standard InChI is InChI=1S/C17H18N6O2S/c1-9-20-21-16-23(9)22-14(26-16)7-6-13(24)18-10-4-5-12-11(8-10)17(2,3)15(25)19-12/h4-5,8H,6-7H2,1-3H3,(H,18,24)(H,19,25). The molecule has 1 aromatic carbocycles. The summed E-state index contributed by atoms with van der Waals surface area (Å²) in [6.45, 7) is 5.58. The second-order valence-electron chi connectivity index (χ2n) is 6.83. The Morgan fingerprint density at radius 1 is 1.35 bits per heavy atom. The number of rotatable bonds is 4. The van der Waals surface area contributed by atoms with Gasteiger partial charge >= 0.3 is 0 Å². The van der Waals surface area contributed by atoms with Gasteiger partial charge in [0, 0.05) is 24.2 Å². The number of hydrogen-bond donors (Lipinski definition) is 2. The van der Waals surface area contributed by atoms with Gasteiger partial charge in [0.2, 0.25) is 16.8 Å². The fourth-order valence-corrected chi connectivity index (χ4v) is 3.83. The van der Waals surface area contributed by atoms with E-state index in [0.29, 0.717) is 18.5 Å². The average molecular weight is 370 g/mol. The minimum Gasteiger partial charge on any atom is -0.326 e. The van der Waals surface area contributed by atoms with Crippen LogP contribution in [-0.4, -0.2) is 31.6 Å². The van der Waals surface area contributed by atoms with Crippen molar-refractivity contribution in [3.8, 4) is 0 Å². The second-order valence-corrected chi connectivity index (χ2v) is 7.87. The zero-order valence-corrected chi connectivity index (χ0v) is 15.5. The normalized spacial score (nSPS) is 15.1. The quantitative estimate of drug-likeness (QED) is 0.734. The van der Waals surface area contributed by atoms with E-state index in [0.717, 1.165) is 27.0 Å². The molecule has 2 amide bonds. The first-order valence-electron chi connectivity index (χ1n) is 8.28. The lowest BCUT2D eigenvalue weighted by molar-refractivity contribution is -0.119. The summed E-state index contributed by atoms with van der Waals surface area (Å²) in [5.41, 5.74) is 1.78. The van der Waals surface area contributed by atoms with Crippen LogP contribution < -0.4 is 10.6 Å². The minimum atomic E-state index is -0.600. The van der Waals surface area contributed by atoms with Crippen molar-refractivity contribution in [2.75, 3.05) is 10.6 Å². The molecule has 0 saturated heterocycles. The number of nitrogens with one attached hydrogen (secondary N) is 2. The molecule has 1 aliphatic rings. The number of anilines is 2. The molecule has 3 heterocycles. The number of fused-ring (bicyclic) bond motifs is 2. The summed E-state index contributed by atoms with van der Waals surface area (Å²) in [4.78, 5) is 25.0. The Hall–Kier alpha value is -2.81. The lowest BCUT2D eigenvalue weighted by Gasteiger charge is -2.16. The fraction of sp³-hybridized carbons (Fsp3) is 0.353. The summed E-state index contributed by atoms with van der Waals surface area (Å²) >= 11 is 1.44. The maximum absolute atomic E-state index is 12.3. The Morgan fingerprint density at radius 2 is 2.15 bits per heavy atom. The number of carbonyl (C=O) groups excluding carboxylic acids is 2. The molecule has 2 aromatic heterocycles. The number of carbonyl (C=O) groups is 2. The Morgan fingerprint density at radius 3 is 2.92 bits per heavy atom. The van der Waals surface area contributed by atoms with Gasteiger partial charge in [-0.1, -0.05) is 11.3 Å². The Labute approximate surface area is 153 Å². The molecule has 0 spiro atoms. The van der Waals surface area contributed by atoms with Gasteiger partial charge in [-0.15, -0.1) is 10.2 Å². The van der Waals surface area contributed by atoms with E-state index in [1.54, 1.807) is 10.6 Å². The van der Waals surface area contributed by atoms with Crippen LogP contribution in [-0.2, 0) is 21.4 Å². The smallest absolute Gasteiger partial charge is 0.234 e. The molecule has 0 fully saturated rings. The molecule has 0 aliphatic carbocycles. The zero-order valence-electron chi connectivity index (χ0n) is 14.7. The van der Waals surface area contributed by atoms with Gasteiger partial charge in [-0.2, -0.15) is 9.61 Å². The highest BCUT2D eigenvalue weighted by Crippen LogP contribution is 2.38. The lowest BCUT2D eigenvalue weighted by Crippen LogP contribution is -2.26. The number of aryl methyl sites for hydroxylation is 2. The summed E-state index contributed by atoms with van der Waals surface area (Å²) in [6.07, 6.45) is 0.858. The van der Waals surface area contributed by atoms with Gasteiger partial charge in [0.1, 0.15) is 5.01 Å². The van der Waals surface area contributed by atoms with Gasteiger partial charge in [0.15, 0.2) is 5.82 Å². The molecular formula is C17H18N6O2S. The van der Waals surface area contributed by atoms with E-state index >= 15 is 0 Å². The summed E-state index contributed by atoms with van der Waals surface area (Å²) in [5, 5.41) is 19.0. The maximum atomic E-state index is 12.3. The zero-order chi connectivity index (χ0) is 18.5. The van der Waals surface area contributed by atoms with Crippen molar-refractivity contribution in [1.82, 2.24) is 19.8 Å². The minimum absolute atomic E-state index is 0.0328. The Bertz CT molecular complexity index is 1040. The van der Waals surface area contributed by atoms with E-state index in [9.17, 15) is 9.59 Å². The number of nitrogens with zero attached hydrogens (tertiary/aromatic N) is 4. The molecule has 0 bridgehead atoms. The number of benzene rings is 1. The van der Waals surface area contributed by atoms with Crippen molar-refractivity contribution < 1.29 is 9.59 Å². The van der Waals surface area contributed by atoms with Crippen LogP contribution in [0.4, 0.5) is 11.4 Å². The summed E-state index contributed by atoms with van der Waals surface area (Å²) in [7, 11) is 0. The molecule has 1 aliphatic heterocycles. The first-order valence-corrected chi connectivity index (χ1v) is 9.10. The van der Waals surface area contributed by atoms with E-state index < -0.39 is 5.41 Å². The molecule has 9 heteroatoms. The molecule has 0 radical (unpaired) electrons. The monoisotopic (exact) mass is 370 g/mol. The highest BCUT2D eigenvalue weighted by atomic mass is 32.1. The first kappa shape index (κ1) is 16.6. The Balaban J connectivity index is 1.42. The van der Waals surface area contributed by atoms with Crippen molar-refractivity contribution in [3.05, 3.63) is 34.6 Å². The molecule has 26 heavy (non-hydrogen) atoms. The number of amides is 2. The largest absolute Gasteiger partial charge is 0.326 e. The van der Waals surface area contributed by atoms with E-state index in [1.807, 2.05) is 32.9 Å². The molecule has 0 unspecified atom stereocenters. The van der Waals surface area contributed by atoms with Gasteiger partial charge in [-0.25, -0.2) is 0 Å². The predicted molar refractivity (Wildman–Crippen MR) is 98.4 cm³/mol. The van der Waals surface area contributed by atoms with Crippen LogP contribution in [0, 0.1) is 6.92 Å². The van der Waals surface area contributed by atoms with Crippen molar-refractivity contribution in [3.63, 3.8) is 0 Å². The molecular weight excluding hydrogens is 352 g/mol. The molecule has 3 aromatic rings. The van der Waals surface area contributed by atoms with Crippen LogP contribution in [0.1, 0.15) is 36.7 Å². The van der Waals surface area contributed by atoms with E-state index in [2.05, 4.69) is 25.9 Å². The molecule has 2 N–H and O–H groups in total. The third-order valence-corrected chi connectivity index (χ3v) is 5.51. The van der Waals surface area contributed by atoms with E-state index in [-0.39, 0.29) is 11.8 Å². The summed E-state index contributed by atoms with van der Waals surface area (Å²) < 4.78 is 1.69. The molecule has 4 rings (SSSR count). The number of hydrogen-bond acceptors (Lipinski definition) is 6. The van der Waals surface area contributed by atoms with Crippen LogP contribution >= 0.6 is 11.3 Å².